The molecule has 0 unspecified atom stereocenters. The number of amides is 1. The Hall–Kier alpha value is -3.30. The molecular weight excluding hydrogens is 463 g/mol. The fourth-order valence-corrected chi connectivity index (χ4v) is 4.75. The van der Waals surface area contributed by atoms with Gasteiger partial charge in [-0.2, -0.15) is 0 Å². The average Bonchev–Trinajstić information content (AvgIpc) is 3.38. The van der Waals surface area contributed by atoms with Crippen molar-refractivity contribution in [1.82, 2.24) is 20.2 Å². The van der Waals surface area contributed by atoms with Crippen LogP contribution in [0.1, 0.15) is 52.2 Å². The number of hydrogen-bond donors (Lipinski definition) is 2. The van der Waals surface area contributed by atoms with E-state index in [1.807, 2.05) is 17.0 Å². The minimum atomic E-state index is -0.764. The highest BCUT2D eigenvalue weighted by Gasteiger charge is 2.23. The molecule has 2 N–H and O–H groups in total. The van der Waals surface area contributed by atoms with Gasteiger partial charge in [-0.3, -0.25) is 14.7 Å². The van der Waals surface area contributed by atoms with Gasteiger partial charge in [-0.05, 0) is 42.5 Å². The van der Waals surface area contributed by atoms with Gasteiger partial charge < -0.3 is 19.6 Å². The number of β-amino-alcohol motifs (C(OH)–C–C–N with tert-alkyl or cyclic N) is 1. The van der Waals surface area contributed by atoms with E-state index in [0.29, 0.717) is 54.6 Å². The number of fused-ring (bicyclic) bond motifs is 1. The molecule has 1 amide bonds. The summed E-state index contributed by atoms with van der Waals surface area (Å²) in [5.74, 6) is 1.14. The second-order valence-corrected chi connectivity index (χ2v) is 9.69. The summed E-state index contributed by atoms with van der Waals surface area (Å²) in [5, 5.41) is 13.3. The van der Waals surface area contributed by atoms with Crippen LogP contribution in [-0.2, 0) is 26.0 Å². The lowest BCUT2D eigenvalue weighted by Gasteiger charge is -2.31. The Balaban J connectivity index is 1.10. The van der Waals surface area contributed by atoms with Gasteiger partial charge in [0.15, 0.2) is 12.2 Å². The molecule has 1 atom stereocenters. The molecular formula is C27H31FN4O4. The first-order valence-corrected chi connectivity index (χ1v) is 12.5. The van der Waals surface area contributed by atoms with E-state index in [9.17, 15) is 14.3 Å². The maximum absolute atomic E-state index is 14.8. The van der Waals surface area contributed by atoms with Gasteiger partial charge in [0.05, 0.1) is 12.3 Å². The predicted octanol–water partition coefficient (Wildman–Crippen LogP) is 3.28. The number of aromatic nitrogens is 2. The molecule has 0 radical (unpaired) electrons. The number of carbonyl (C=O) groups is 1. The summed E-state index contributed by atoms with van der Waals surface area (Å²) in [6, 6.07) is 6.77. The molecule has 1 aliphatic carbocycles. The summed E-state index contributed by atoms with van der Waals surface area (Å²) in [5.41, 5.74) is 3.01. The molecule has 36 heavy (non-hydrogen) atoms. The van der Waals surface area contributed by atoms with Crippen LogP contribution in [0.3, 0.4) is 0 Å². The van der Waals surface area contributed by atoms with Gasteiger partial charge in [0.25, 0.3) is 5.91 Å². The molecule has 5 rings (SSSR count). The largest absolute Gasteiger partial charge is 0.485 e. The standard InChI is InChI=1S/C27H31FN4O4/c28-26-11-23(35-16-24-13-29-17-36-24)10-19-5-7-32(15-25(19)26)14-22(33)12-31-27(34)20-4-6-30-21(9-20)8-18-2-1-3-18/h4,6,9-11,13,17-18,22,33H,1-3,5,7-8,12,14-16H2,(H,31,34)/t22-/m0/s1. The van der Waals surface area contributed by atoms with Crippen molar-refractivity contribution < 1.29 is 23.4 Å². The van der Waals surface area contributed by atoms with Crippen LogP contribution in [0.2, 0.25) is 0 Å². The van der Waals surface area contributed by atoms with E-state index in [1.165, 1.54) is 31.7 Å². The molecule has 0 spiro atoms. The van der Waals surface area contributed by atoms with E-state index in [2.05, 4.69) is 15.3 Å². The average molecular weight is 495 g/mol. The van der Waals surface area contributed by atoms with Gasteiger partial charge in [-0.25, -0.2) is 9.37 Å². The summed E-state index contributed by atoms with van der Waals surface area (Å²) in [6.45, 7) is 1.72. The summed E-state index contributed by atoms with van der Waals surface area (Å²) in [6.07, 6.45) is 9.08. The van der Waals surface area contributed by atoms with Crippen LogP contribution in [0.25, 0.3) is 0 Å². The second-order valence-electron chi connectivity index (χ2n) is 9.69. The minimum absolute atomic E-state index is 0.124. The van der Waals surface area contributed by atoms with Crippen LogP contribution in [0.15, 0.2) is 47.5 Å². The van der Waals surface area contributed by atoms with Crippen molar-refractivity contribution in [1.29, 1.82) is 0 Å². The van der Waals surface area contributed by atoms with Gasteiger partial charge in [-0.15, -0.1) is 0 Å². The molecule has 1 aromatic carbocycles. The number of halogens is 1. The molecule has 1 aliphatic heterocycles. The zero-order valence-corrected chi connectivity index (χ0v) is 20.2. The number of aliphatic hydroxyl groups is 1. The van der Waals surface area contributed by atoms with Crippen LogP contribution >= 0.6 is 0 Å². The molecule has 1 fully saturated rings. The normalized spacial score (nSPS) is 16.7. The molecule has 0 bridgehead atoms. The molecule has 8 nitrogen and oxygen atoms in total. The quantitative estimate of drug-likeness (QED) is 0.446. The number of benzene rings is 1. The highest BCUT2D eigenvalue weighted by atomic mass is 19.1. The van der Waals surface area contributed by atoms with Crippen LogP contribution in [0, 0.1) is 11.7 Å². The number of nitrogens with one attached hydrogen (secondary N) is 1. The maximum atomic E-state index is 14.8. The molecule has 0 saturated heterocycles. The number of nitrogens with zero attached hydrogens (tertiary/aromatic N) is 3. The lowest BCUT2D eigenvalue weighted by atomic mass is 9.82. The highest BCUT2D eigenvalue weighted by molar-refractivity contribution is 5.94. The number of carbonyl (C=O) groups excluding carboxylic acids is 1. The third kappa shape index (κ3) is 6.09. The SMILES string of the molecule is O=C(NC[C@H](O)CN1CCc2cc(OCc3cnco3)cc(F)c2C1)c1ccnc(CC2CCC2)c1. The molecule has 2 aromatic heterocycles. The van der Waals surface area contributed by atoms with E-state index < -0.39 is 6.10 Å². The van der Waals surface area contributed by atoms with Gasteiger partial charge in [0.2, 0.25) is 0 Å². The van der Waals surface area contributed by atoms with Gasteiger partial charge in [0, 0.05) is 55.3 Å². The van der Waals surface area contributed by atoms with Gasteiger partial charge >= 0.3 is 0 Å². The minimum Gasteiger partial charge on any atom is -0.485 e. The fraction of sp³-hybridized carbons (Fsp3) is 0.444. The lowest BCUT2D eigenvalue weighted by Crippen LogP contribution is -2.42. The summed E-state index contributed by atoms with van der Waals surface area (Å²) in [4.78, 5) is 22.8. The number of rotatable bonds is 10. The van der Waals surface area contributed by atoms with E-state index in [4.69, 9.17) is 9.15 Å². The van der Waals surface area contributed by atoms with Crippen molar-refractivity contribution in [3.8, 4) is 5.75 Å². The second kappa shape index (κ2) is 11.2. The Morgan fingerprint density at radius 2 is 2.22 bits per heavy atom. The summed E-state index contributed by atoms with van der Waals surface area (Å²) >= 11 is 0. The first-order chi connectivity index (χ1) is 17.5. The van der Waals surface area contributed by atoms with Crippen LogP contribution in [-0.4, -0.2) is 51.6 Å². The van der Waals surface area contributed by atoms with Crippen molar-refractivity contribution in [2.45, 2.75) is 51.4 Å². The van der Waals surface area contributed by atoms with E-state index >= 15 is 0 Å². The van der Waals surface area contributed by atoms with Crippen LogP contribution in [0.4, 0.5) is 4.39 Å². The number of ether oxygens (including phenoxy) is 1. The Bertz CT molecular complexity index is 1180. The number of oxazole rings is 1. The first-order valence-electron chi connectivity index (χ1n) is 12.5. The van der Waals surface area contributed by atoms with Crippen LogP contribution < -0.4 is 10.1 Å². The van der Waals surface area contributed by atoms with E-state index in [-0.39, 0.29) is 24.9 Å². The van der Waals surface area contributed by atoms with E-state index in [1.54, 1.807) is 18.5 Å². The highest BCUT2D eigenvalue weighted by Crippen LogP contribution is 2.29. The third-order valence-electron chi connectivity index (χ3n) is 6.97. The smallest absolute Gasteiger partial charge is 0.251 e. The third-order valence-corrected chi connectivity index (χ3v) is 6.97. The maximum Gasteiger partial charge on any atom is 0.251 e. The Kier molecular flexibility index (Phi) is 7.58. The summed E-state index contributed by atoms with van der Waals surface area (Å²) in [7, 11) is 0. The van der Waals surface area contributed by atoms with Crippen molar-refractivity contribution in [3.63, 3.8) is 0 Å². The van der Waals surface area contributed by atoms with Crippen molar-refractivity contribution in [2.24, 2.45) is 5.92 Å². The lowest BCUT2D eigenvalue weighted by molar-refractivity contribution is 0.0839. The zero-order valence-electron chi connectivity index (χ0n) is 20.2. The zero-order chi connectivity index (χ0) is 24.9. The number of aliphatic hydroxyl groups excluding tert-OH is 1. The predicted molar refractivity (Wildman–Crippen MR) is 130 cm³/mol. The number of hydrogen-bond acceptors (Lipinski definition) is 7. The number of pyridine rings is 1. The van der Waals surface area contributed by atoms with Gasteiger partial charge in [-0.1, -0.05) is 19.3 Å². The molecule has 190 valence electrons. The molecule has 9 heteroatoms. The Labute approximate surface area is 209 Å². The van der Waals surface area contributed by atoms with Crippen LogP contribution in [0.5, 0.6) is 5.75 Å². The van der Waals surface area contributed by atoms with Gasteiger partial charge in [0.1, 0.15) is 18.2 Å². The fourth-order valence-electron chi connectivity index (χ4n) is 4.75. The Morgan fingerprint density at radius 3 is 3.00 bits per heavy atom. The molecule has 3 aromatic rings. The summed E-state index contributed by atoms with van der Waals surface area (Å²) < 4.78 is 25.6. The molecule has 1 saturated carbocycles. The van der Waals surface area contributed by atoms with Crippen molar-refractivity contribution >= 4 is 5.91 Å². The Morgan fingerprint density at radius 1 is 1.33 bits per heavy atom. The van der Waals surface area contributed by atoms with E-state index in [0.717, 1.165) is 17.7 Å². The first kappa shape index (κ1) is 24.4. The molecule has 3 heterocycles. The topological polar surface area (TPSA) is 101 Å². The molecule has 2 aliphatic rings. The monoisotopic (exact) mass is 494 g/mol. The van der Waals surface area contributed by atoms with Crippen molar-refractivity contribution in [3.05, 3.63) is 77.0 Å². The van der Waals surface area contributed by atoms with Crippen molar-refractivity contribution in [2.75, 3.05) is 19.6 Å².